The topological polar surface area (TPSA) is 43.8 Å². The molecule has 0 saturated heterocycles. The summed E-state index contributed by atoms with van der Waals surface area (Å²) in [6, 6.07) is 0. The average Bonchev–Trinajstić information content (AvgIpc) is 2.16. The molecule has 1 aromatic heterocycles. The zero-order valence-corrected chi connectivity index (χ0v) is 7.01. The minimum atomic E-state index is -2.75. The molecular weight excluding hydrogens is 164 g/mol. The summed E-state index contributed by atoms with van der Waals surface area (Å²) in [6.45, 7) is 2.09. The highest BCUT2D eigenvalue weighted by atomic mass is 19.3. The molecule has 0 saturated carbocycles. The highest BCUT2D eigenvalue weighted by Crippen LogP contribution is 2.17. The van der Waals surface area contributed by atoms with Crippen LogP contribution in [-0.2, 0) is 6.54 Å². The summed E-state index contributed by atoms with van der Waals surface area (Å²) in [5.74, 6) is -2.75. The van der Waals surface area contributed by atoms with E-state index in [0.29, 0.717) is 11.4 Å². The van der Waals surface area contributed by atoms with E-state index in [4.69, 9.17) is 5.73 Å². The van der Waals surface area contributed by atoms with Crippen molar-refractivity contribution in [2.45, 2.75) is 26.3 Å². The van der Waals surface area contributed by atoms with Gasteiger partial charge in [-0.05, 0) is 6.92 Å². The number of nitrogens with zero attached hydrogens (tertiary/aromatic N) is 2. The predicted octanol–water partition coefficient (Wildman–Crippen LogP) is 1.43. The van der Waals surface area contributed by atoms with Gasteiger partial charge in [0.05, 0.1) is 17.6 Å². The van der Waals surface area contributed by atoms with Crippen molar-refractivity contribution in [2.24, 2.45) is 0 Å². The number of anilines is 1. The van der Waals surface area contributed by atoms with E-state index in [1.165, 1.54) is 10.9 Å². The SMILES string of the molecule is Cc1c(N)cnn1CC(C)(F)F. The fraction of sp³-hybridized carbons (Fsp3) is 0.571. The summed E-state index contributed by atoms with van der Waals surface area (Å²) in [5, 5.41) is 3.71. The molecule has 0 atom stereocenters. The maximum absolute atomic E-state index is 12.5. The van der Waals surface area contributed by atoms with Gasteiger partial charge in [0.1, 0.15) is 6.54 Å². The summed E-state index contributed by atoms with van der Waals surface area (Å²) < 4.78 is 26.2. The molecule has 1 rings (SSSR count). The van der Waals surface area contributed by atoms with Crippen LogP contribution in [0.25, 0.3) is 0 Å². The van der Waals surface area contributed by atoms with E-state index in [0.717, 1.165) is 6.92 Å². The second-order valence-corrected chi connectivity index (χ2v) is 2.91. The summed E-state index contributed by atoms with van der Waals surface area (Å²) in [4.78, 5) is 0. The largest absolute Gasteiger partial charge is 0.396 e. The van der Waals surface area contributed by atoms with Gasteiger partial charge in [0.2, 0.25) is 0 Å². The Morgan fingerprint density at radius 1 is 1.67 bits per heavy atom. The maximum atomic E-state index is 12.5. The van der Waals surface area contributed by atoms with Gasteiger partial charge in [-0.25, -0.2) is 8.78 Å². The molecule has 0 radical (unpaired) electrons. The first-order chi connectivity index (χ1) is 5.40. The van der Waals surface area contributed by atoms with Gasteiger partial charge in [-0.2, -0.15) is 5.10 Å². The van der Waals surface area contributed by atoms with Crippen LogP contribution in [0.15, 0.2) is 6.20 Å². The molecule has 0 aromatic carbocycles. The van der Waals surface area contributed by atoms with Crippen LogP contribution in [0.1, 0.15) is 12.6 Å². The molecule has 0 unspecified atom stereocenters. The first kappa shape index (κ1) is 8.96. The third-order valence-corrected chi connectivity index (χ3v) is 1.57. The van der Waals surface area contributed by atoms with E-state index >= 15 is 0 Å². The Balaban J connectivity index is 2.83. The molecule has 0 bridgehead atoms. The third kappa shape index (κ3) is 1.93. The van der Waals surface area contributed by atoms with Crippen molar-refractivity contribution in [2.75, 3.05) is 5.73 Å². The molecule has 2 N–H and O–H groups in total. The molecule has 0 aliphatic heterocycles. The van der Waals surface area contributed by atoms with Gasteiger partial charge < -0.3 is 5.73 Å². The lowest BCUT2D eigenvalue weighted by molar-refractivity contribution is 0.0000404. The first-order valence-electron chi connectivity index (χ1n) is 3.56. The van der Waals surface area contributed by atoms with Gasteiger partial charge in [0, 0.05) is 6.92 Å². The smallest absolute Gasteiger partial charge is 0.264 e. The van der Waals surface area contributed by atoms with Gasteiger partial charge in [0.25, 0.3) is 5.92 Å². The summed E-state index contributed by atoms with van der Waals surface area (Å²) >= 11 is 0. The van der Waals surface area contributed by atoms with Gasteiger partial charge >= 0.3 is 0 Å². The molecule has 0 spiro atoms. The van der Waals surface area contributed by atoms with Crippen molar-refractivity contribution < 1.29 is 8.78 Å². The normalized spacial score (nSPS) is 12.0. The van der Waals surface area contributed by atoms with Crippen LogP contribution in [0, 0.1) is 6.92 Å². The van der Waals surface area contributed by atoms with Crippen LogP contribution in [0.2, 0.25) is 0 Å². The van der Waals surface area contributed by atoms with Crippen molar-refractivity contribution in [1.82, 2.24) is 9.78 Å². The van der Waals surface area contributed by atoms with E-state index in [9.17, 15) is 8.78 Å². The van der Waals surface area contributed by atoms with Gasteiger partial charge in [-0.3, -0.25) is 4.68 Å². The number of rotatable bonds is 2. The van der Waals surface area contributed by atoms with Gasteiger partial charge in [-0.1, -0.05) is 0 Å². The monoisotopic (exact) mass is 175 g/mol. The first-order valence-corrected chi connectivity index (χ1v) is 3.56. The lowest BCUT2D eigenvalue weighted by Crippen LogP contribution is -2.21. The van der Waals surface area contributed by atoms with Crippen LogP contribution in [0.3, 0.4) is 0 Å². The molecule has 0 aliphatic rings. The summed E-state index contributed by atoms with van der Waals surface area (Å²) in [6.07, 6.45) is 1.38. The number of aromatic nitrogens is 2. The number of nitrogen functional groups attached to an aromatic ring is 1. The minimum absolute atomic E-state index is 0.421. The molecule has 0 aliphatic carbocycles. The van der Waals surface area contributed by atoms with Crippen LogP contribution in [0.5, 0.6) is 0 Å². The number of alkyl halides is 2. The number of hydrogen-bond acceptors (Lipinski definition) is 2. The quantitative estimate of drug-likeness (QED) is 0.738. The van der Waals surface area contributed by atoms with Gasteiger partial charge in [-0.15, -0.1) is 0 Å². The van der Waals surface area contributed by atoms with Crippen molar-refractivity contribution in [3.63, 3.8) is 0 Å². The Kier molecular flexibility index (Phi) is 2.04. The number of nitrogens with two attached hydrogens (primary N) is 1. The summed E-state index contributed by atoms with van der Waals surface area (Å²) in [7, 11) is 0. The molecule has 1 heterocycles. The molecule has 0 amide bonds. The fourth-order valence-electron chi connectivity index (χ4n) is 0.883. The Hall–Kier alpha value is -1.13. The zero-order valence-electron chi connectivity index (χ0n) is 7.01. The van der Waals surface area contributed by atoms with Gasteiger partial charge in [0.15, 0.2) is 0 Å². The molecule has 68 valence electrons. The Morgan fingerprint density at radius 3 is 2.58 bits per heavy atom. The van der Waals surface area contributed by atoms with E-state index in [1.807, 2.05) is 0 Å². The van der Waals surface area contributed by atoms with Crippen LogP contribution >= 0.6 is 0 Å². The average molecular weight is 175 g/mol. The predicted molar refractivity (Wildman–Crippen MR) is 42.0 cm³/mol. The second kappa shape index (κ2) is 2.73. The second-order valence-electron chi connectivity index (χ2n) is 2.91. The Bertz CT molecular complexity index is 275. The fourth-order valence-corrected chi connectivity index (χ4v) is 0.883. The number of hydrogen-bond donors (Lipinski definition) is 1. The van der Waals surface area contributed by atoms with E-state index in [2.05, 4.69) is 5.10 Å². The van der Waals surface area contributed by atoms with Crippen molar-refractivity contribution in [1.29, 1.82) is 0 Å². The highest BCUT2D eigenvalue weighted by Gasteiger charge is 2.23. The lowest BCUT2D eigenvalue weighted by atomic mass is 10.3. The standard InChI is InChI=1S/C7H11F2N3/c1-5-6(10)3-11-12(5)4-7(2,8)9/h3H,4,10H2,1-2H3. The minimum Gasteiger partial charge on any atom is -0.396 e. The molecule has 5 heteroatoms. The number of halogens is 2. The molecule has 3 nitrogen and oxygen atoms in total. The maximum Gasteiger partial charge on any atom is 0.264 e. The third-order valence-electron chi connectivity index (χ3n) is 1.57. The van der Waals surface area contributed by atoms with E-state index in [1.54, 1.807) is 6.92 Å². The Labute approximate surface area is 69.2 Å². The molecule has 12 heavy (non-hydrogen) atoms. The highest BCUT2D eigenvalue weighted by molar-refractivity contribution is 5.39. The Morgan fingerprint density at radius 2 is 2.25 bits per heavy atom. The van der Waals surface area contributed by atoms with Crippen LogP contribution in [-0.4, -0.2) is 15.7 Å². The van der Waals surface area contributed by atoms with Crippen molar-refractivity contribution >= 4 is 5.69 Å². The lowest BCUT2D eigenvalue weighted by Gasteiger charge is -2.11. The summed E-state index contributed by atoms with van der Waals surface area (Å²) in [5.41, 5.74) is 6.46. The van der Waals surface area contributed by atoms with Crippen molar-refractivity contribution in [3.05, 3.63) is 11.9 Å². The van der Waals surface area contributed by atoms with Crippen LogP contribution < -0.4 is 5.73 Å². The van der Waals surface area contributed by atoms with Crippen molar-refractivity contribution in [3.8, 4) is 0 Å². The molecule has 1 aromatic rings. The molecular formula is C7H11F2N3. The van der Waals surface area contributed by atoms with Crippen LogP contribution in [0.4, 0.5) is 14.5 Å². The zero-order chi connectivity index (χ0) is 9.35. The van der Waals surface area contributed by atoms with E-state index < -0.39 is 12.5 Å². The van der Waals surface area contributed by atoms with E-state index in [-0.39, 0.29) is 0 Å². The molecule has 0 fully saturated rings.